The molecule has 0 fully saturated rings. The van der Waals surface area contributed by atoms with Crippen molar-refractivity contribution in [3.63, 3.8) is 0 Å². The summed E-state index contributed by atoms with van der Waals surface area (Å²) in [5.74, 6) is -0.466. The predicted octanol–water partition coefficient (Wildman–Crippen LogP) is 8.25. The van der Waals surface area contributed by atoms with Crippen molar-refractivity contribution in [2.24, 2.45) is 0 Å². The van der Waals surface area contributed by atoms with Crippen molar-refractivity contribution in [2.45, 2.75) is 11.8 Å². The molecule has 0 radical (unpaired) electrons. The number of hydrogen-bond donors (Lipinski definition) is 1. The topological polar surface area (TPSA) is 51.1 Å². The van der Waals surface area contributed by atoms with Crippen LogP contribution in [0.4, 0.5) is 4.39 Å². The number of nitrogens with zero attached hydrogens (tertiary/aromatic N) is 1. The Bertz CT molecular complexity index is 1980. The quantitative estimate of drug-likeness (QED) is 0.215. The molecule has 5 aromatic carbocycles. The van der Waals surface area contributed by atoms with Crippen LogP contribution in [0.1, 0.15) is 11.1 Å². The highest BCUT2D eigenvalue weighted by molar-refractivity contribution is 7.89. The highest BCUT2D eigenvalue weighted by Gasteiger charge is 2.24. The summed E-state index contributed by atoms with van der Waals surface area (Å²) < 4.78 is 46.9. The summed E-state index contributed by atoms with van der Waals surface area (Å²) in [6, 6.07) is 40.8. The number of halogens is 1. The number of nitrogens with one attached hydrogen (secondary N) is 1. The zero-order valence-electron chi connectivity index (χ0n) is 22.3. The Balaban J connectivity index is 1.68. The normalized spacial score (nSPS) is 12.0. The number of benzene rings is 5. The standard InChI is InChI=1S/C35H27FN2O2S/c1-25-20-22-28(23-21-25)41(39,40)37-24-33(29-16-8-10-18-31(29)36)38-32-19-11-9-17-30(32)34(26-12-4-2-5-13-26)35(38)27-14-6-3-7-15-27/h2-24,37H,1H3/b33-24-. The molecule has 202 valence electrons. The maximum Gasteiger partial charge on any atom is 0.261 e. The lowest BCUT2D eigenvalue weighted by Crippen LogP contribution is -2.20. The smallest absolute Gasteiger partial charge is 0.261 e. The lowest BCUT2D eigenvalue weighted by atomic mass is 9.98. The van der Waals surface area contributed by atoms with E-state index in [9.17, 15) is 8.42 Å². The molecule has 4 nitrogen and oxygen atoms in total. The molecule has 0 saturated heterocycles. The molecule has 0 unspecified atom stereocenters. The third-order valence-electron chi connectivity index (χ3n) is 7.06. The van der Waals surface area contributed by atoms with Gasteiger partial charge in [0.25, 0.3) is 10.0 Å². The van der Waals surface area contributed by atoms with Gasteiger partial charge in [0.2, 0.25) is 0 Å². The van der Waals surface area contributed by atoms with E-state index in [0.29, 0.717) is 5.70 Å². The van der Waals surface area contributed by atoms with E-state index in [1.807, 2.05) is 96.4 Å². The van der Waals surface area contributed by atoms with Crippen LogP contribution < -0.4 is 4.72 Å². The first kappa shape index (κ1) is 26.3. The number of fused-ring (bicyclic) bond motifs is 1. The summed E-state index contributed by atoms with van der Waals surface area (Å²) in [6.45, 7) is 1.90. The molecule has 0 aliphatic heterocycles. The first-order valence-electron chi connectivity index (χ1n) is 13.2. The van der Waals surface area contributed by atoms with Gasteiger partial charge in [0, 0.05) is 22.7 Å². The Hall–Kier alpha value is -4.94. The molecule has 0 bridgehead atoms. The maximum atomic E-state index is 15.5. The second kappa shape index (κ2) is 10.9. The van der Waals surface area contributed by atoms with Gasteiger partial charge in [-0.3, -0.25) is 4.72 Å². The summed E-state index contributed by atoms with van der Waals surface area (Å²) in [6.07, 6.45) is 1.39. The van der Waals surface area contributed by atoms with E-state index < -0.39 is 15.8 Å². The highest BCUT2D eigenvalue weighted by Crippen LogP contribution is 2.43. The molecule has 6 heteroatoms. The van der Waals surface area contributed by atoms with E-state index in [-0.39, 0.29) is 10.5 Å². The molecule has 0 spiro atoms. The number of aryl methyl sites for hydroxylation is 1. The van der Waals surface area contributed by atoms with Crippen molar-refractivity contribution in [2.75, 3.05) is 0 Å². The second-order valence-corrected chi connectivity index (χ2v) is 11.5. The Kier molecular flexibility index (Phi) is 7.00. The van der Waals surface area contributed by atoms with Gasteiger partial charge < -0.3 is 4.57 Å². The van der Waals surface area contributed by atoms with Crippen LogP contribution in [-0.2, 0) is 10.0 Å². The molecule has 0 amide bonds. The van der Waals surface area contributed by atoms with E-state index in [1.54, 1.807) is 42.5 Å². The predicted molar refractivity (Wildman–Crippen MR) is 164 cm³/mol. The number of hydrogen-bond acceptors (Lipinski definition) is 2. The van der Waals surface area contributed by atoms with Gasteiger partial charge in [0.05, 0.1) is 21.8 Å². The van der Waals surface area contributed by atoms with Crippen LogP contribution in [0.2, 0.25) is 0 Å². The molecule has 0 atom stereocenters. The third-order valence-corrected chi connectivity index (χ3v) is 8.38. The average Bonchev–Trinajstić information content (AvgIpc) is 3.34. The first-order valence-corrected chi connectivity index (χ1v) is 14.7. The fourth-order valence-corrected chi connectivity index (χ4v) is 6.00. The maximum absolute atomic E-state index is 15.5. The molecule has 6 rings (SSSR count). The fraction of sp³-hybridized carbons (Fsp3) is 0.0286. The lowest BCUT2D eigenvalue weighted by Gasteiger charge is -2.18. The van der Waals surface area contributed by atoms with E-state index in [2.05, 4.69) is 4.72 Å². The summed E-state index contributed by atoms with van der Waals surface area (Å²) >= 11 is 0. The Morgan fingerprint density at radius 1 is 0.707 bits per heavy atom. The summed E-state index contributed by atoms with van der Waals surface area (Å²) in [5, 5.41) is 0.959. The minimum absolute atomic E-state index is 0.123. The largest absolute Gasteiger partial charge is 0.306 e. The molecule has 0 aliphatic rings. The second-order valence-electron chi connectivity index (χ2n) is 9.75. The Morgan fingerprint density at radius 2 is 1.29 bits per heavy atom. The number of rotatable bonds is 7. The van der Waals surface area contributed by atoms with Crippen molar-refractivity contribution in [1.82, 2.24) is 9.29 Å². The molecular formula is C35H27FN2O2S. The molecule has 6 aromatic rings. The molecule has 41 heavy (non-hydrogen) atoms. The van der Waals surface area contributed by atoms with E-state index in [1.165, 1.54) is 12.3 Å². The van der Waals surface area contributed by atoms with Gasteiger partial charge in [-0.15, -0.1) is 0 Å². The van der Waals surface area contributed by atoms with E-state index >= 15 is 4.39 Å². The van der Waals surface area contributed by atoms with Crippen LogP contribution in [-0.4, -0.2) is 13.0 Å². The van der Waals surface area contributed by atoms with Gasteiger partial charge in [-0.1, -0.05) is 109 Å². The summed E-state index contributed by atoms with van der Waals surface area (Å²) in [5.41, 5.74) is 6.08. The van der Waals surface area contributed by atoms with E-state index in [0.717, 1.165) is 38.9 Å². The molecule has 0 saturated carbocycles. The van der Waals surface area contributed by atoms with Crippen molar-refractivity contribution >= 4 is 26.6 Å². The third kappa shape index (κ3) is 5.06. The monoisotopic (exact) mass is 558 g/mol. The Morgan fingerprint density at radius 3 is 1.98 bits per heavy atom. The fourth-order valence-electron chi connectivity index (χ4n) is 5.11. The van der Waals surface area contributed by atoms with Crippen molar-refractivity contribution < 1.29 is 12.8 Å². The SMILES string of the molecule is Cc1ccc(S(=O)(=O)N/C=C(/c2ccccc2F)n2c(-c3ccccc3)c(-c3ccccc3)c3ccccc32)cc1. The van der Waals surface area contributed by atoms with Gasteiger partial charge in [0.1, 0.15) is 5.82 Å². The van der Waals surface area contributed by atoms with Gasteiger partial charge in [-0.05, 0) is 48.4 Å². The zero-order valence-corrected chi connectivity index (χ0v) is 23.1. The Labute approximate surface area is 239 Å². The number of sulfonamides is 1. The first-order chi connectivity index (χ1) is 19.9. The molecule has 0 aliphatic carbocycles. The number of para-hydroxylation sites is 1. The van der Waals surface area contributed by atoms with Crippen molar-refractivity contribution in [1.29, 1.82) is 0 Å². The van der Waals surface area contributed by atoms with Gasteiger partial charge in [0.15, 0.2) is 0 Å². The highest BCUT2D eigenvalue weighted by atomic mass is 32.2. The summed E-state index contributed by atoms with van der Waals surface area (Å²) in [4.78, 5) is 0.123. The molecule has 1 N–H and O–H groups in total. The van der Waals surface area contributed by atoms with Crippen LogP contribution in [0.5, 0.6) is 0 Å². The number of aromatic nitrogens is 1. The van der Waals surface area contributed by atoms with Gasteiger partial charge in [-0.2, -0.15) is 0 Å². The molecule has 1 heterocycles. The van der Waals surface area contributed by atoms with Gasteiger partial charge >= 0.3 is 0 Å². The minimum Gasteiger partial charge on any atom is -0.306 e. The lowest BCUT2D eigenvalue weighted by molar-refractivity contribution is 0.590. The minimum atomic E-state index is -3.94. The van der Waals surface area contributed by atoms with Crippen LogP contribution in [0.3, 0.4) is 0 Å². The van der Waals surface area contributed by atoms with Crippen molar-refractivity contribution in [3.8, 4) is 22.4 Å². The van der Waals surface area contributed by atoms with Gasteiger partial charge in [-0.25, -0.2) is 12.8 Å². The molecule has 1 aromatic heterocycles. The summed E-state index contributed by atoms with van der Waals surface area (Å²) in [7, 11) is -3.94. The van der Waals surface area contributed by atoms with Crippen LogP contribution >= 0.6 is 0 Å². The van der Waals surface area contributed by atoms with E-state index in [4.69, 9.17) is 0 Å². The average molecular weight is 559 g/mol. The van der Waals surface area contributed by atoms with Crippen LogP contribution in [0, 0.1) is 12.7 Å². The van der Waals surface area contributed by atoms with Crippen molar-refractivity contribution in [3.05, 3.63) is 157 Å². The zero-order chi connectivity index (χ0) is 28.4. The molecular weight excluding hydrogens is 531 g/mol. The van der Waals surface area contributed by atoms with Crippen LogP contribution in [0.15, 0.2) is 145 Å². The van der Waals surface area contributed by atoms with Crippen LogP contribution in [0.25, 0.3) is 39.0 Å².